The van der Waals surface area contributed by atoms with Crippen LogP contribution >= 0.6 is 0 Å². The average Bonchev–Trinajstić information content (AvgIpc) is 1.78. The molecule has 0 unspecified atom stereocenters. The molecule has 0 aromatic carbocycles. The minimum atomic E-state index is 0. The molecule has 0 amide bonds. The van der Waals surface area contributed by atoms with E-state index in [1.165, 1.54) is 6.40 Å². The van der Waals surface area contributed by atoms with Crippen molar-refractivity contribution in [3.05, 3.63) is 4.78 Å². The maximum absolute atomic E-state index is 6.58. The molecule has 0 heterocycles. The van der Waals surface area contributed by atoms with E-state index in [1.54, 1.807) is 0 Å². The Morgan fingerprint density at radius 3 is 1.20 bits per heavy atom. The van der Waals surface area contributed by atoms with Crippen molar-refractivity contribution in [2.45, 2.75) is 36.1 Å². The van der Waals surface area contributed by atoms with E-state index >= 15 is 0 Å². The van der Waals surface area contributed by atoms with E-state index < -0.39 is 0 Å². The predicted molar refractivity (Wildman–Crippen MR) is 52.2 cm³/mol. The molecule has 0 aromatic rings. The van der Waals surface area contributed by atoms with Crippen LogP contribution in [0.5, 0.6) is 0 Å². The fourth-order valence-corrected chi connectivity index (χ4v) is 0. The third-order valence-electron chi connectivity index (χ3n) is 0. The Labute approximate surface area is 98.1 Å². The van der Waals surface area contributed by atoms with Crippen molar-refractivity contribution in [1.82, 2.24) is 0 Å². The minimum Gasteiger partial charge on any atom is -0.742 e. The van der Waals surface area contributed by atoms with Crippen LogP contribution in [-0.4, -0.2) is 0 Å². The summed E-state index contributed by atoms with van der Waals surface area (Å²) in [5.41, 5.74) is 0. The Hall–Kier alpha value is 0.632. The molecular weight excluding hydrogens is 368 g/mol. The topological polar surface area (TPSA) is 22.3 Å². The van der Waals surface area contributed by atoms with Gasteiger partial charge in [-0.2, -0.15) is 0 Å². The minimum absolute atomic E-state index is 0. The van der Waals surface area contributed by atoms with Gasteiger partial charge in [-0.05, 0) is 0 Å². The predicted octanol–water partition coefficient (Wildman–Crippen LogP) is 3.47. The van der Waals surface area contributed by atoms with Crippen LogP contribution in [0.3, 0.4) is 0 Å². The fraction of sp³-hybridized carbons (Fsp3) is 0.714. The first-order chi connectivity index (χ1) is 3.41. The molecule has 10 heavy (non-hydrogen) atoms. The summed E-state index contributed by atoms with van der Waals surface area (Å²) in [4.78, 5) is 0. The van der Waals surface area contributed by atoms with Crippen LogP contribution in [0, 0.1) is 43.9 Å². The smallest absolute Gasteiger partial charge is 0.124 e. The van der Waals surface area contributed by atoms with Gasteiger partial charge in [0.1, 0.15) is 1.37 Å². The van der Waals surface area contributed by atoms with Gasteiger partial charge < -0.3 is 4.78 Å². The summed E-state index contributed by atoms with van der Waals surface area (Å²) in [5, 5.41) is 0. The second-order valence-electron chi connectivity index (χ2n) is 0. The van der Waals surface area contributed by atoms with Crippen LogP contribution in [0.2, 0.25) is 0 Å². The van der Waals surface area contributed by atoms with E-state index in [1.807, 2.05) is 13.8 Å². The summed E-state index contributed by atoms with van der Waals surface area (Å²) in [6.45, 7) is 4.00. The van der Waals surface area contributed by atoms with E-state index in [0.717, 1.165) is 0 Å². The molecule has 0 spiro atoms. The number of nitrogens with zero attached hydrogens (tertiary/aromatic N) is 1. The average molecular weight is 389 g/mol. The van der Waals surface area contributed by atoms with E-state index in [-0.39, 0.29) is 53.4 Å². The number of hydrogen-bond acceptors (Lipinski definition) is 1. The summed E-state index contributed by atoms with van der Waals surface area (Å²) in [6.07, 6.45) is 5.76. The van der Waals surface area contributed by atoms with E-state index in [0.29, 0.717) is 0 Å². The zero-order valence-electron chi connectivity index (χ0n) is 5.43. The van der Waals surface area contributed by atoms with Crippen LogP contribution in [0.25, 0.3) is 4.78 Å². The largest absolute Gasteiger partial charge is 0.742 e. The maximum atomic E-state index is 6.58. The van der Waals surface area contributed by atoms with Gasteiger partial charge in [0.05, 0.1) is 0 Å². The summed E-state index contributed by atoms with van der Waals surface area (Å²) in [6, 6.07) is 0. The first-order valence-corrected chi connectivity index (χ1v) is 1.84. The molecule has 0 bridgehead atoms. The molecule has 64 valence electrons. The van der Waals surface area contributed by atoms with Crippen LogP contribution in [0.1, 0.15) is 37.5 Å². The molecule has 1 nitrogen and oxygen atoms in total. The molecule has 0 atom stereocenters. The quantitative estimate of drug-likeness (QED) is 0.582. The van der Waals surface area contributed by atoms with Crippen LogP contribution in [-0.2, 0) is 12.4 Å². The number of terminal acetylenes is 1. The Bertz CT molecular complexity index is 48.2. The van der Waals surface area contributed by atoms with Gasteiger partial charge in [0.2, 0.25) is 0 Å². The first kappa shape index (κ1) is 46.0. The Morgan fingerprint density at radius 2 is 1.20 bits per heavy atom. The van der Waals surface area contributed by atoms with E-state index in [2.05, 4.69) is 18.8 Å². The number of rotatable bonds is 0. The van der Waals surface area contributed by atoms with Gasteiger partial charge in [0.15, 0.2) is 0 Å². The number of hydrogen-bond donors (Lipinski definition) is 0. The maximum Gasteiger partial charge on any atom is 0.124 e. The van der Waals surface area contributed by atoms with Gasteiger partial charge in [0.25, 0.3) is 0 Å². The molecule has 0 aliphatic carbocycles. The Balaban J connectivity index is -0.00000000378. The molecule has 0 saturated heterocycles. The molecule has 0 rings (SSSR count). The zero-order valence-corrected chi connectivity index (χ0v) is 9.41. The van der Waals surface area contributed by atoms with Crippen molar-refractivity contribution >= 4 is 12.4 Å². The Morgan fingerprint density at radius 1 is 1.20 bits per heavy atom. The van der Waals surface area contributed by atoms with Crippen molar-refractivity contribution in [3.63, 3.8) is 0 Å². The van der Waals surface area contributed by atoms with Crippen molar-refractivity contribution in [3.8, 4) is 12.8 Å². The normalized spacial score (nSPS) is 1.90. The van der Waals surface area contributed by atoms with Gasteiger partial charge >= 0.3 is 0 Å². The molecular formula is C7H20NSU-. The summed E-state index contributed by atoms with van der Waals surface area (Å²) < 4.78 is 12.3. The third-order valence-corrected chi connectivity index (χ3v) is 0. The molecule has 0 N–H and O–H groups in total. The summed E-state index contributed by atoms with van der Waals surface area (Å²) >= 11 is 3.08. The molecule has 0 saturated carbocycles. The molecule has 0 radical (unpaired) electrons. The van der Waals surface area contributed by atoms with Crippen LogP contribution in [0.4, 0.5) is 0 Å². The standard InChI is InChI=1S/C2H6.C2H2.3CH4.NS.U/c2*1-2;;;;1-2;/h1-2H3;1-2H;3*1H4;;/q;;;;;-1;/i;1D;;;;;. The van der Waals surface area contributed by atoms with Crippen molar-refractivity contribution in [2.24, 2.45) is 0 Å². The van der Waals surface area contributed by atoms with Gasteiger partial charge in [-0.1, -0.05) is 36.1 Å². The second-order valence-corrected chi connectivity index (χ2v) is 0. The van der Waals surface area contributed by atoms with Crippen molar-refractivity contribution < 1.29 is 32.5 Å². The second kappa shape index (κ2) is 1800. The van der Waals surface area contributed by atoms with Gasteiger partial charge in [0, 0.05) is 31.1 Å². The SMILES string of the molecule is C.C.C.CC.[2H]C#C.[N-]=S.[U]. The molecule has 0 fully saturated rings. The fourth-order valence-electron chi connectivity index (χ4n) is 0. The monoisotopic (exact) mass is 389 g/mol. The molecule has 0 aliphatic rings. The van der Waals surface area contributed by atoms with Gasteiger partial charge in [-0.25, -0.2) is 0 Å². The van der Waals surface area contributed by atoms with Crippen LogP contribution in [0.15, 0.2) is 0 Å². The molecule has 0 aliphatic heterocycles. The van der Waals surface area contributed by atoms with E-state index in [9.17, 15) is 0 Å². The van der Waals surface area contributed by atoms with Gasteiger partial charge in [-0.15, -0.1) is 12.8 Å². The van der Waals surface area contributed by atoms with Crippen molar-refractivity contribution in [1.29, 1.82) is 0 Å². The molecule has 0 aromatic heterocycles. The first-order valence-electron chi connectivity index (χ1n) is 1.97. The summed E-state index contributed by atoms with van der Waals surface area (Å²) in [5.74, 6) is 0. The summed E-state index contributed by atoms with van der Waals surface area (Å²) in [7, 11) is 0. The molecule has 3 heteroatoms. The Kier molecular flexibility index (Phi) is 8260. The van der Waals surface area contributed by atoms with E-state index in [4.69, 9.17) is 6.15 Å². The van der Waals surface area contributed by atoms with Crippen LogP contribution < -0.4 is 0 Å². The zero-order chi connectivity index (χ0) is 6.71. The van der Waals surface area contributed by atoms with Gasteiger partial charge in [-0.3, -0.25) is 12.4 Å². The van der Waals surface area contributed by atoms with Crippen molar-refractivity contribution in [2.75, 3.05) is 0 Å². The third kappa shape index (κ3) is 1260.